The standard InChI is InChI=1S/C16H14N2O3/c1-21-12-7-8-14-13(9-12)15(16(19)20)18(17-14)10-11-5-3-2-4-6-11/h2-9H,10H2,1H3,(H,19,20). The van der Waals surface area contributed by atoms with Gasteiger partial charge >= 0.3 is 5.97 Å². The second-order valence-electron chi connectivity index (χ2n) is 4.68. The average Bonchev–Trinajstić information content (AvgIpc) is 2.85. The zero-order valence-electron chi connectivity index (χ0n) is 11.5. The van der Waals surface area contributed by atoms with E-state index in [0.717, 1.165) is 5.56 Å². The summed E-state index contributed by atoms with van der Waals surface area (Å²) in [5, 5.41) is 14.5. The van der Waals surface area contributed by atoms with E-state index in [1.165, 1.54) is 4.68 Å². The Morgan fingerprint density at radius 2 is 2.00 bits per heavy atom. The quantitative estimate of drug-likeness (QED) is 0.799. The molecule has 106 valence electrons. The van der Waals surface area contributed by atoms with Crippen molar-refractivity contribution >= 4 is 16.9 Å². The van der Waals surface area contributed by atoms with E-state index in [4.69, 9.17) is 4.74 Å². The van der Waals surface area contributed by atoms with Crippen LogP contribution in [0.2, 0.25) is 0 Å². The molecule has 5 heteroatoms. The molecule has 0 fully saturated rings. The fourth-order valence-electron chi connectivity index (χ4n) is 2.33. The molecule has 0 aliphatic carbocycles. The number of hydrogen-bond donors (Lipinski definition) is 1. The maximum atomic E-state index is 11.6. The van der Waals surface area contributed by atoms with Gasteiger partial charge in [-0.15, -0.1) is 0 Å². The van der Waals surface area contributed by atoms with E-state index in [9.17, 15) is 9.90 Å². The SMILES string of the molecule is COc1ccc2nn(Cc3ccccc3)c(C(=O)O)c2c1. The van der Waals surface area contributed by atoms with Crippen LogP contribution in [-0.4, -0.2) is 28.0 Å². The van der Waals surface area contributed by atoms with Gasteiger partial charge in [0.15, 0.2) is 5.69 Å². The van der Waals surface area contributed by atoms with E-state index < -0.39 is 5.97 Å². The molecule has 1 heterocycles. The van der Waals surface area contributed by atoms with Crippen molar-refractivity contribution in [1.29, 1.82) is 0 Å². The molecular weight excluding hydrogens is 268 g/mol. The van der Waals surface area contributed by atoms with Gasteiger partial charge in [0.25, 0.3) is 0 Å². The molecule has 5 nitrogen and oxygen atoms in total. The van der Waals surface area contributed by atoms with E-state index in [1.54, 1.807) is 25.3 Å². The second-order valence-corrected chi connectivity index (χ2v) is 4.68. The van der Waals surface area contributed by atoms with Gasteiger partial charge in [0, 0.05) is 5.39 Å². The van der Waals surface area contributed by atoms with Crippen molar-refractivity contribution in [1.82, 2.24) is 9.78 Å². The monoisotopic (exact) mass is 282 g/mol. The lowest BCUT2D eigenvalue weighted by Gasteiger charge is -2.04. The zero-order chi connectivity index (χ0) is 14.8. The summed E-state index contributed by atoms with van der Waals surface area (Å²) in [4.78, 5) is 11.6. The Balaban J connectivity index is 2.13. The lowest BCUT2D eigenvalue weighted by atomic mass is 10.2. The van der Waals surface area contributed by atoms with Crippen molar-refractivity contribution in [3.8, 4) is 5.75 Å². The summed E-state index contributed by atoms with van der Waals surface area (Å²) < 4.78 is 6.67. The number of methoxy groups -OCH3 is 1. The van der Waals surface area contributed by atoms with Crippen LogP contribution in [0.4, 0.5) is 0 Å². The Morgan fingerprint density at radius 1 is 1.24 bits per heavy atom. The molecule has 0 radical (unpaired) electrons. The molecule has 3 rings (SSSR count). The smallest absolute Gasteiger partial charge is 0.354 e. The molecule has 21 heavy (non-hydrogen) atoms. The van der Waals surface area contributed by atoms with Crippen LogP contribution in [0.15, 0.2) is 48.5 Å². The number of nitrogens with zero attached hydrogens (tertiary/aromatic N) is 2. The first kappa shape index (κ1) is 13.2. The third-order valence-electron chi connectivity index (χ3n) is 3.32. The summed E-state index contributed by atoms with van der Waals surface area (Å²) in [6.45, 7) is 0.416. The zero-order valence-corrected chi connectivity index (χ0v) is 11.5. The largest absolute Gasteiger partial charge is 0.497 e. The minimum Gasteiger partial charge on any atom is -0.497 e. The Labute approximate surface area is 121 Å². The average molecular weight is 282 g/mol. The number of fused-ring (bicyclic) bond motifs is 1. The van der Waals surface area contributed by atoms with Crippen molar-refractivity contribution in [2.75, 3.05) is 7.11 Å². The van der Waals surface area contributed by atoms with Gasteiger partial charge < -0.3 is 9.84 Å². The van der Waals surface area contributed by atoms with Crippen LogP contribution in [-0.2, 0) is 6.54 Å². The van der Waals surface area contributed by atoms with Gasteiger partial charge in [-0.3, -0.25) is 4.68 Å². The van der Waals surface area contributed by atoms with Gasteiger partial charge in [0.05, 0.1) is 19.2 Å². The molecule has 0 saturated heterocycles. The molecule has 3 aromatic rings. The summed E-state index contributed by atoms with van der Waals surface area (Å²) in [5.74, 6) is -0.383. The molecule has 0 saturated carbocycles. The van der Waals surface area contributed by atoms with Gasteiger partial charge in [-0.1, -0.05) is 30.3 Å². The molecule has 1 N–H and O–H groups in total. The van der Waals surface area contributed by atoms with Crippen LogP contribution in [0.5, 0.6) is 5.75 Å². The van der Waals surface area contributed by atoms with Crippen molar-refractivity contribution in [3.63, 3.8) is 0 Å². The first-order valence-electron chi connectivity index (χ1n) is 6.51. The maximum absolute atomic E-state index is 11.6. The Hall–Kier alpha value is -2.82. The maximum Gasteiger partial charge on any atom is 0.354 e. The van der Waals surface area contributed by atoms with E-state index >= 15 is 0 Å². The van der Waals surface area contributed by atoms with Gasteiger partial charge in [-0.05, 0) is 23.8 Å². The van der Waals surface area contributed by atoms with Crippen molar-refractivity contribution < 1.29 is 14.6 Å². The normalized spacial score (nSPS) is 10.7. The number of aromatic carboxylic acids is 1. The molecule has 0 amide bonds. The van der Waals surface area contributed by atoms with Crippen LogP contribution in [0.1, 0.15) is 16.1 Å². The second kappa shape index (κ2) is 5.28. The fraction of sp³-hybridized carbons (Fsp3) is 0.125. The Bertz CT molecular complexity index is 794. The molecule has 0 unspecified atom stereocenters. The Morgan fingerprint density at radius 3 is 2.67 bits per heavy atom. The first-order chi connectivity index (χ1) is 10.2. The van der Waals surface area contributed by atoms with Crippen LogP contribution >= 0.6 is 0 Å². The summed E-state index contributed by atoms with van der Waals surface area (Å²) in [6.07, 6.45) is 0. The summed E-state index contributed by atoms with van der Waals surface area (Å²) >= 11 is 0. The number of hydrogen-bond acceptors (Lipinski definition) is 3. The lowest BCUT2D eigenvalue weighted by molar-refractivity contribution is 0.0686. The minimum atomic E-state index is -0.998. The highest BCUT2D eigenvalue weighted by molar-refractivity contribution is 6.01. The van der Waals surface area contributed by atoms with Crippen LogP contribution < -0.4 is 4.74 Å². The molecule has 2 aromatic carbocycles. The van der Waals surface area contributed by atoms with Crippen molar-refractivity contribution in [2.24, 2.45) is 0 Å². The van der Waals surface area contributed by atoms with Crippen LogP contribution in [0, 0.1) is 0 Å². The van der Waals surface area contributed by atoms with Crippen LogP contribution in [0.3, 0.4) is 0 Å². The van der Waals surface area contributed by atoms with Gasteiger partial charge in [-0.2, -0.15) is 5.10 Å². The number of carbonyl (C=O) groups is 1. The molecular formula is C16H14N2O3. The van der Waals surface area contributed by atoms with Gasteiger partial charge in [0.2, 0.25) is 0 Å². The van der Waals surface area contributed by atoms with Crippen molar-refractivity contribution in [3.05, 3.63) is 59.8 Å². The van der Waals surface area contributed by atoms with E-state index in [0.29, 0.717) is 23.2 Å². The highest BCUT2D eigenvalue weighted by atomic mass is 16.5. The van der Waals surface area contributed by atoms with E-state index in [1.807, 2.05) is 30.3 Å². The fourth-order valence-corrected chi connectivity index (χ4v) is 2.33. The number of carboxylic acid groups (broad SMARTS) is 1. The third kappa shape index (κ3) is 2.45. The van der Waals surface area contributed by atoms with Gasteiger partial charge in [-0.25, -0.2) is 4.79 Å². The molecule has 0 aliphatic heterocycles. The summed E-state index contributed by atoms with van der Waals surface area (Å²) in [7, 11) is 1.55. The van der Waals surface area contributed by atoms with E-state index in [2.05, 4.69) is 5.10 Å². The summed E-state index contributed by atoms with van der Waals surface area (Å²) in [6, 6.07) is 14.9. The molecule has 0 aliphatic rings. The van der Waals surface area contributed by atoms with E-state index in [-0.39, 0.29) is 5.69 Å². The highest BCUT2D eigenvalue weighted by Gasteiger charge is 2.18. The topological polar surface area (TPSA) is 64.4 Å². The lowest BCUT2D eigenvalue weighted by Crippen LogP contribution is -2.11. The highest BCUT2D eigenvalue weighted by Crippen LogP contribution is 2.24. The first-order valence-corrected chi connectivity index (χ1v) is 6.51. The van der Waals surface area contributed by atoms with Crippen LogP contribution in [0.25, 0.3) is 10.9 Å². The van der Waals surface area contributed by atoms with Gasteiger partial charge in [0.1, 0.15) is 5.75 Å². The number of carboxylic acids is 1. The summed E-state index contributed by atoms with van der Waals surface area (Å²) in [5.41, 5.74) is 1.82. The third-order valence-corrected chi connectivity index (χ3v) is 3.32. The Kier molecular flexibility index (Phi) is 3.31. The molecule has 0 bridgehead atoms. The number of benzene rings is 2. The number of aromatic nitrogens is 2. The number of rotatable bonds is 4. The number of ether oxygens (including phenoxy) is 1. The molecule has 0 spiro atoms. The molecule has 1 aromatic heterocycles. The van der Waals surface area contributed by atoms with Crippen molar-refractivity contribution in [2.45, 2.75) is 6.54 Å². The molecule has 0 atom stereocenters. The predicted molar refractivity (Wildman–Crippen MR) is 78.8 cm³/mol. The predicted octanol–water partition coefficient (Wildman–Crippen LogP) is 2.79. The minimum absolute atomic E-state index is 0.174.